The molecular weight excluding hydrogens is 260 g/mol. The number of aryl methyl sites for hydroxylation is 1. The number of thiazole rings is 1. The third kappa shape index (κ3) is 3.93. The van der Waals surface area contributed by atoms with Crippen LogP contribution in [0.3, 0.4) is 0 Å². The Hall–Kier alpha value is -1.10. The van der Waals surface area contributed by atoms with Crippen LogP contribution in [0.1, 0.15) is 38.3 Å². The van der Waals surface area contributed by atoms with Gasteiger partial charge in [0, 0.05) is 24.9 Å². The molecule has 106 valence electrons. The molecule has 1 aliphatic carbocycles. The van der Waals surface area contributed by atoms with Crippen LogP contribution in [0.2, 0.25) is 0 Å². The van der Waals surface area contributed by atoms with E-state index < -0.39 is 0 Å². The number of ether oxygens (including phenoxy) is 1. The summed E-state index contributed by atoms with van der Waals surface area (Å²) in [5, 5.41) is 3.15. The lowest BCUT2D eigenvalue weighted by molar-refractivity contribution is -0.140. The molecule has 0 aromatic carbocycles. The highest BCUT2D eigenvalue weighted by atomic mass is 32.1. The second kappa shape index (κ2) is 6.89. The Morgan fingerprint density at radius 1 is 1.58 bits per heavy atom. The topological polar surface area (TPSA) is 42.4 Å². The van der Waals surface area contributed by atoms with E-state index in [0.717, 1.165) is 29.8 Å². The molecule has 2 rings (SSSR count). The van der Waals surface area contributed by atoms with Gasteiger partial charge in [0.15, 0.2) is 5.13 Å². The lowest BCUT2D eigenvalue weighted by Crippen LogP contribution is -2.32. The molecule has 1 aromatic rings. The van der Waals surface area contributed by atoms with Gasteiger partial charge < -0.3 is 9.64 Å². The Balaban J connectivity index is 1.88. The maximum atomic E-state index is 11.1. The maximum Gasteiger partial charge on any atom is 0.305 e. The van der Waals surface area contributed by atoms with Crippen molar-refractivity contribution in [3.63, 3.8) is 0 Å². The number of hydrogen-bond acceptors (Lipinski definition) is 5. The van der Waals surface area contributed by atoms with E-state index in [1.165, 1.54) is 26.4 Å². The molecule has 0 spiro atoms. The predicted molar refractivity (Wildman–Crippen MR) is 77.7 cm³/mol. The van der Waals surface area contributed by atoms with E-state index in [-0.39, 0.29) is 5.97 Å². The van der Waals surface area contributed by atoms with E-state index in [1.54, 1.807) is 11.3 Å². The highest BCUT2D eigenvalue weighted by Gasteiger charge is 2.21. The van der Waals surface area contributed by atoms with Crippen molar-refractivity contribution >= 4 is 22.4 Å². The summed E-state index contributed by atoms with van der Waals surface area (Å²) >= 11 is 1.68. The van der Waals surface area contributed by atoms with Crippen molar-refractivity contribution in [2.45, 2.75) is 39.0 Å². The molecule has 0 saturated heterocycles. The van der Waals surface area contributed by atoms with Crippen LogP contribution in [0, 0.1) is 5.92 Å². The van der Waals surface area contributed by atoms with E-state index in [2.05, 4.69) is 26.9 Å². The largest absolute Gasteiger partial charge is 0.469 e. The van der Waals surface area contributed by atoms with Gasteiger partial charge in [-0.3, -0.25) is 4.79 Å². The van der Waals surface area contributed by atoms with Crippen molar-refractivity contribution < 1.29 is 9.53 Å². The number of aromatic nitrogens is 1. The second-order valence-corrected chi connectivity index (χ2v) is 5.87. The summed E-state index contributed by atoms with van der Waals surface area (Å²) in [7, 11) is 1.42. The fourth-order valence-corrected chi connectivity index (χ4v) is 3.15. The highest BCUT2D eigenvalue weighted by molar-refractivity contribution is 7.13. The minimum Gasteiger partial charge on any atom is -0.469 e. The second-order valence-electron chi connectivity index (χ2n) is 5.03. The monoisotopic (exact) mass is 282 g/mol. The Labute approximate surface area is 118 Å². The summed E-state index contributed by atoms with van der Waals surface area (Å²) in [6.07, 6.45) is 5.18. The lowest BCUT2D eigenvalue weighted by atomic mass is 9.85. The molecule has 1 aliphatic rings. The van der Waals surface area contributed by atoms with Crippen molar-refractivity contribution in [1.82, 2.24) is 4.98 Å². The Morgan fingerprint density at radius 3 is 2.95 bits per heavy atom. The molecule has 1 heterocycles. The number of esters is 1. The smallest absolute Gasteiger partial charge is 0.305 e. The average Bonchev–Trinajstić information content (AvgIpc) is 2.83. The fourth-order valence-electron chi connectivity index (χ4n) is 2.22. The molecule has 4 nitrogen and oxygen atoms in total. The molecular formula is C14H22N2O2S. The number of carbonyl (C=O) groups is 1. The first kappa shape index (κ1) is 14.3. The van der Waals surface area contributed by atoms with Crippen LogP contribution in [0.5, 0.6) is 0 Å². The quantitative estimate of drug-likeness (QED) is 0.721. The van der Waals surface area contributed by atoms with Crippen molar-refractivity contribution in [3.05, 3.63) is 11.1 Å². The van der Waals surface area contributed by atoms with Gasteiger partial charge in [-0.1, -0.05) is 6.42 Å². The number of anilines is 1. The van der Waals surface area contributed by atoms with Gasteiger partial charge in [-0.15, -0.1) is 11.3 Å². The molecule has 19 heavy (non-hydrogen) atoms. The summed E-state index contributed by atoms with van der Waals surface area (Å²) in [6, 6.07) is 0. The normalized spacial score (nSPS) is 15.1. The molecule has 5 heteroatoms. The number of rotatable bonds is 7. The molecule has 1 saturated carbocycles. The van der Waals surface area contributed by atoms with Crippen LogP contribution in [0.4, 0.5) is 5.13 Å². The number of carbonyl (C=O) groups excluding carboxylic acids is 1. The first-order valence-electron chi connectivity index (χ1n) is 6.99. The summed E-state index contributed by atoms with van der Waals surface area (Å²) in [5.74, 6) is 0.679. The van der Waals surface area contributed by atoms with Gasteiger partial charge in [-0.2, -0.15) is 0 Å². The maximum absolute atomic E-state index is 11.1. The van der Waals surface area contributed by atoms with Crippen LogP contribution < -0.4 is 4.90 Å². The predicted octanol–water partition coefficient (Wildman–Crippen LogP) is 2.88. The third-order valence-corrected chi connectivity index (χ3v) is 4.66. The lowest BCUT2D eigenvalue weighted by Gasteiger charge is -2.31. The average molecular weight is 282 g/mol. The van der Waals surface area contributed by atoms with E-state index in [1.807, 2.05) is 0 Å². The fraction of sp³-hybridized carbons (Fsp3) is 0.714. The Bertz CT molecular complexity index is 415. The minimum atomic E-state index is -0.170. The van der Waals surface area contributed by atoms with E-state index in [9.17, 15) is 4.79 Å². The van der Waals surface area contributed by atoms with E-state index >= 15 is 0 Å². The minimum absolute atomic E-state index is 0.170. The first-order chi connectivity index (χ1) is 9.22. The summed E-state index contributed by atoms with van der Waals surface area (Å²) in [5.41, 5.74) is 0.998. The zero-order chi connectivity index (χ0) is 13.7. The standard InChI is InChI=1S/C14H22N2O2S/c1-3-16(9-11-5-4-6-11)14-15-12(10-19-14)7-8-13(17)18-2/h10-11H,3-9H2,1-2H3. The molecule has 0 aliphatic heterocycles. The van der Waals surface area contributed by atoms with E-state index in [4.69, 9.17) is 0 Å². The van der Waals surface area contributed by atoms with Gasteiger partial charge in [-0.05, 0) is 25.7 Å². The molecule has 0 atom stereocenters. The van der Waals surface area contributed by atoms with Crippen LogP contribution >= 0.6 is 11.3 Å². The molecule has 0 bridgehead atoms. The number of nitrogens with zero attached hydrogens (tertiary/aromatic N) is 2. The van der Waals surface area contributed by atoms with Crippen LogP contribution in [0.25, 0.3) is 0 Å². The molecule has 0 unspecified atom stereocenters. The highest BCUT2D eigenvalue weighted by Crippen LogP contribution is 2.30. The molecule has 0 radical (unpaired) electrons. The Morgan fingerprint density at radius 2 is 2.37 bits per heavy atom. The Kier molecular flexibility index (Phi) is 5.19. The zero-order valence-electron chi connectivity index (χ0n) is 11.7. The van der Waals surface area contributed by atoms with Crippen molar-refractivity contribution in [2.75, 3.05) is 25.1 Å². The van der Waals surface area contributed by atoms with Crippen LogP contribution in [-0.4, -0.2) is 31.2 Å². The van der Waals surface area contributed by atoms with Gasteiger partial charge in [0.1, 0.15) is 0 Å². The number of hydrogen-bond donors (Lipinski definition) is 0. The SMILES string of the molecule is CCN(CC1CCC1)c1nc(CCC(=O)OC)cs1. The summed E-state index contributed by atoms with van der Waals surface area (Å²) in [6.45, 7) is 4.30. The van der Waals surface area contributed by atoms with Crippen molar-refractivity contribution in [3.8, 4) is 0 Å². The number of methoxy groups -OCH3 is 1. The van der Waals surface area contributed by atoms with Gasteiger partial charge >= 0.3 is 5.97 Å². The van der Waals surface area contributed by atoms with Crippen molar-refractivity contribution in [1.29, 1.82) is 0 Å². The van der Waals surface area contributed by atoms with Crippen molar-refractivity contribution in [2.24, 2.45) is 5.92 Å². The molecule has 1 fully saturated rings. The molecule has 1 aromatic heterocycles. The molecule has 0 amide bonds. The zero-order valence-corrected chi connectivity index (χ0v) is 12.5. The van der Waals surface area contributed by atoms with Crippen LogP contribution in [-0.2, 0) is 16.0 Å². The van der Waals surface area contributed by atoms with Crippen LogP contribution in [0.15, 0.2) is 5.38 Å². The summed E-state index contributed by atoms with van der Waals surface area (Å²) in [4.78, 5) is 18.1. The van der Waals surface area contributed by atoms with Gasteiger partial charge in [-0.25, -0.2) is 4.98 Å². The van der Waals surface area contributed by atoms with Gasteiger partial charge in [0.2, 0.25) is 0 Å². The molecule has 0 N–H and O–H groups in total. The van der Waals surface area contributed by atoms with E-state index in [0.29, 0.717) is 12.8 Å². The summed E-state index contributed by atoms with van der Waals surface area (Å²) < 4.78 is 4.65. The van der Waals surface area contributed by atoms with Gasteiger partial charge in [0.05, 0.1) is 19.2 Å². The third-order valence-electron chi connectivity index (χ3n) is 3.71. The van der Waals surface area contributed by atoms with Gasteiger partial charge in [0.25, 0.3) is 0 Å². The first-order valence-corrected chi connectivity index (χ1v) is 7.87.